The van der Waals surface area contributed by atoms with E-state index in [-0.39, 0.29) is 11.2 Å². The third-order valence-corrected chi connectivity index (χ3v) is 4.37. The van der Waals surface area contributed by atoms with Crippen molar-refractivity contribution in [3.05, 3.63) is 66.1 Å². The fourth-order valence-corrected chi connectivity index (χ4v) is 3.05. The van der Waals surface area contributed by atoms with Gasteiger partial charge in [0.1, 0.15) is 17.0 Å². The van der Waals surface area contributed by atoms with Crippen molar-refractivity contribution in [2.45, 2.75) is 26.2 Å². The fraction of sp³-hybridized carbons (Fsp3) is 0.190. The van der Waals surface area contributed by atoms with Crippen LogP contribution in [0.2, 0.25) is 0 Å². The molecule has 2 aromatic carbocycles. The monoisotopic (exact) mass is 319 g/mol. The quantitative estimate of drug-likeness (QED) is 0.424. The Kier molecular flexibility index (Phi) is 3.20. The van der Waals surface area contributed by atoms with Gasteiger partial charge in [0.25, 0.3) is 0 Å². The summed E-state index contributed by atoms with van der Waals surface area (Å²) in [5, 5.41) is 1.31. The van der Waals surface area contributed by atoms with Gasteiger partial charge in [0.15, 0.2) is 0 Å². The Hall–Kier alpha value is -2.68. The molecule has 0 N–H and O–H groups in total. The lowest BCUT2D eigenvalue weighted by Crippen LogP contribution is -2.11. The smallest absolute Gasteiger partial charge is 0.144 e. The maximum Gasteiger partial charge on any atom is 0.144 e. The summed E-state index contributed by atoms with van der Waals surface area (Å²) in [5.74, 6) is -0.264. The number of hydrogen-bond acceptors (Lipinski definition) is 2. The number of para-hydroxylation sites is 1. The van der Waals surface area contributed by atoms with Gasteiger partial charge in [-0.25, -0.2) is 4.39 Å². The van der Waals surface area contributed by atoms with E-state index in [4.69, 9.17) is 4.42 Å². The molecule has 0 aliphatic carbocycles. The molecule has 4 aromatic rings. The number of halogens is 1. The maximum absolute atomic E-state index is 14.2. The van der Waals surface area contributed by atoms with Crippen molar-refractivity contribution in [3.63, 3.8) is 0 Å². The first-order valence-electron chi connectivity index (χ1n) is 8.02. The zero-order chi connectivity index (χ0) is 16.9. The van der Waals surface area contributed by atoms with Gasteiger partial charge in [-0.3, -0.25) is 4.98 Å². The molecule has 0 atom stereocenters. The van der Waals surface area contributed by atoms with E-state index in [1.54, 1.807) is 12.1 Å². The normalized spacial score (nSPS) is 12.2. The SMILES string of the molecule is CC(C)(C)c1ccnc(-c2cccc3c2oc2cccc(F)c23)c1. The highest BCUT2D eigenvalue weighted by Gasteiger charge is 2.18. The summed E-state index contributed by atoms with van der Waals surface area (Å²) < 4.78 is 20.2. The highest BCUT2D eigenvalue weighted by molar-refractivity contribution is 6.09. The molecular formula is C21H18FNO. The molecule has 2 aromatic heterocycles. The average Bonchev–Trinajstić information content (AvgIpc) is 2.94. The van der Waals surface area contributed by atoms with Crippen LogP contribution in [-0.4, -0.2) is 4.98 Å². The molecular weight excluding hydrogens is 301 g/mol. The summed E-state index contributed by atoms with van der Waals surface area (Å²) in [4.78, 5) is 4.51. The molecule has 0 aliphatic heterocycles. The van der Waals surface area contributed by atoms with E-state index in [1.807, 2.05) is 30.5 Å². The summed E-state index contributed by atoms with van der Waals surface area (Å²) in [6.07, 6.45) is 1.82. The number of hydrogen-bond donors (Lipinski definition) is 0. The summed E-state index contributed by atoms with van der Waals surface area (Å²) in [6, 6.07) is 14.8. The molecule has 0 aliphatic rings. The Labute approximate surface area is 139 Å². The van der Waals surface area contributed by atoms with Crippen LogP contribution in [0.4, 0.5) is 4.39 Å². The highest BCUT2D eigenvalue weighted by atomic mass is 19.1. The van der Waals surface area contributed by atoms with Crippen molar-refractivity contribution in [2.24, 2.45) is 0 Å². The zero-order valence-corrected chi connectivity index (χ0v) is 13.9. The van der Waals surface area contributed by atoms with Crippen LogP contribution in [0.5, 0.6) is 0 Å². The van der Waals surface area contributed by atoms with Gasteiger partial charge in [-0.1, -0.05) is 39.0 Å². The van der Waals surface area contributed by atoms with Gasteiger partial charge in [-0.05, 0) is 41.3 Å². The van der Waals surface area contributed by atoms with E-state index in [1.165, 1.54) is 11.6 Å². The van der Waals surface area contributed by atoms with Crippen molar-refractivity contribution in [1.29, 1.82) is 0 Å². The Morgan fingerprint density at radius 2 is 1.79 bits per heavy atom. The topological polar surface area (TPSA) is 26.0 Å². The van der Waals surface area contributed by atoms with Crippen molar-refractivity contribution >= 4 is 21.9 Å². The second-order valence-corrected chi connectivity index (χ2v) is 7.08. The van der Waals surface area contributed by atoms with Gasteiger partial charge in [0.2, 0.25) is 0 Å². The highest BCUT2D eigenvalue weighted by Crippen LogP contribution is 2.37. The van der Waals surface area contributed by atoms with Crippen molar-refractivity contribution in [2.75, 3.05) is 0 Å². The Morgan fingerprint density at radius 1 is 1.00 bits per heavy atom. The van der Waals surface area contributed by atoms with Crippen LogP contribution in [0, 0.1) is 5.82 Å². The number of nitrogens with zero attached hydrogens (tertiary/aromatic N) is 1. The Bertz CT molecular complexity index is 1060. The number of fused-ring (bicyclic) bond motifs is 3. The lowest BCUT2D eigenvalue weighted by Gasteiger charge is -2.19. The van der Waals surface area contributed by atoms with E-state index in [2.05, 4.69) is 31.8 Å². The van der Waals surface area contributed by atoms with Crippen LogP contribution in [-0.2, 0) is 5.41 Å². The van der Waals surface area contributed by atoms with Crippen LogP contribution in [0.1, 0.15) is 26.3 Å². The molecule has 24 heavy (non-hydrogen) atoms. The number of aromatic nitrogens is 1. The van der Waals surface area contributed by atoms with Gasteiger partial charge >= 0.3 is 0 Å². The van der Waals surface area contributed by atoms with E-state index in [0.29, 0.717) is 16.6 Å². The maximum atomic E-state index is 14.2. The molecule has 3 heteroatoms. The lowest BCUT2D eigenvalue weighted by atomic mass is 9.87. The summed E-state index contributed by atoms with van der Waals surface area (Å²) in [5.41, 5.74) is 4.19. The lowest BCUT2D eigenvalue weighted by molar-refractivity contribution is 0.589. The second-order valence-electron chi connectivity index (χ2n) is 7.08. The van der Waals surface area contributed by atoms with Crippen LogP contribution in [0.25, 0.3) is 33.2 Å². The number of pyridine rings is 1. The zero-order valence-electron chi connectivity index (χ0n) is 13.9. The third kappa shape index (κ3) is 2.28. The standard InChI is InChI=1S/C21H18FNO/c1-21(2,3)13-10-11-23-17(12-13)14-6-4-7-15-19-16(22)8-5-9-18(19)24-20(14)15/h4-12H,1-3H3. The number of rotatable bonds is 1. The first kappa shape index (κ1) is 14.9. The molecule has 0 bridgehead atoms. The first-order valence-corrected chi connectivity index (χ1v) is 8.02. The van der Waals surface area contributed by atoms with E-state index in [9.17, 15) is 4.39 Å². The largest absolute Gasteiger partial charge is 0.455 e. The molecule has 0 fully saturated rings. The summed E-state index contributed by atoms with van der Waals surface area (Å²) in [6.45, 7) is 6.51. The predicted octanol–water partition coefficient (Wildman–Crippen LogP) is 6.08. The molecule has 0 amide bonds. The third-order valence-electron chi connectivity index (χ3n) is 4.37. The van der Waals surface area contributed by atoms with Gasteiger partial charge in [-0.2, -0.15) is 0 Å². The number of furan rings is 1. The Morgan fingerprint density at radius 3 is 2.58 bits per heavy atom. The van der Waals surface area contributed by atoms with Crippen LogP contribution in [0.15, 0.2) is 59.1 Å². The van der Waals surface area contributed by atoms with E-state index >= 15 is 0 Å². The van der Waals surface area contributed by atoms with Crippen molar-refractivity contribution in [3.8, 4) is 11.3 Å². The summed E-state index contributed by atoms with van der Waals surface area (Å²) >= 11 is 0. The first-order chi connectivity index (χ1) is 11.4. The Balaban J connectivity index is 2.02. The number of benzene rings is 2. The van der Waals surface area contributed by atoms with Crippen molar-refractivity contribution in [1.82, 2.24) is 4.98 Å². The molecule has 0 saturated heterocycles. The predicted molar refractivity (Wildman–Crippen MR) is 95.6 cm³/mol. The minimum absolute atomic E-state index is 0.0333. The van der Waals surface area contributed by atoms with Crippen LogP contribution >= 0.6 is 0 Å². The van der Waals surface area contributed by atoms with Gasteiger partial charge in [0.05, 0.1) is 11.1 Å². The van der Waals surface area contributed by atoms with Gasteiger partial charge in [0, 0.05) is 17.1 Å². The molecule has 0 radical (unpaired) electrons. The molecule has 0 saturated carbocycles. The van der Waals surface area contributed by atoms with E-state index < -0.39 is 0 Å². The molecule has 4 rings (SSSR count). The molecule has 0 unspecified atom stereocenters. The van der Waals surface area contributed by atoms with Gasteiger partial charge in [-0.15, -0.1) is 0 Å². The fourth-order valence-electron chi connectivity index (χ4n) is 3.05. The van der Waals surface area contributed by atoms with Crippen molar-refractivity contribution < 1.29 is 8.81 Å². The minimum atomic E-state index is -0.264. The van der Waals surface area contributed by atoms with E-state index in [0.717, 1.165) is 16.6 Å². The van der Waals surface area contributed by atoms with Crippen LogP contribution in [0.3, 0.4) is 0 Å². The molecule has 2 nitrogen and oxygen atoms in total. The molecule has 0 spiro atoms. The van der Waals surface area contributed by atoms with Gasteiger partial charge < -0.3 is 4.42 Å². The minimum Gasteiger partial charge on any atom is -0.455 e. The average molecular weight is 319 g/mol. The molecule has 2 heterocycles. The van der Waals surface area contributed by atoms with Crippen LogP contribution < -0.4 is 0 Å². The molecule has 120 valence electrons. The summed E-state index contributed by atoms with van der Waals surface area (Å²) in [7, 11) is 0. The second kappa shape index (κ2) is 5.17.